The molecule has 0 spiro atoms. The van der Waals surface area contributed by atoms with Crippen LogP contribution >= 0.6 is 11.6 Å². The van der Waals surface area contributed by atoms with E-state index in [1.807, 2.05) is 31.7 Å². The quantitative estimate of drug-likeness (QED) is 0.680. The summed E-state index contributed by atoms with van der Waals surface area (Å²) in [5.74, 6) is 0. The van der Waals surface area contributed by atoms with Gasteiger partial charge in [0, 0.05) is 30.7 Å². The second-order valence-corrected chi connectivity index (χ2v) is 10.6. The number of carbonyl (C=O) groups is 1. The highest BCUT2D eigenvalue weighted by molar-refractivity contribution is 6.30. The standard InChI is InChI=1S/C24H36ClN3O3/c1-24(2,3)31-23(29)28-11-12-30-16-22(28)20-14-18(25)13-17-5-10-27(15-21(17)20)19-6-8-26(4)9-7-19/h13-14,19,22H,5-12,15-16H2,1-4H3/t22-/m0/s1. The Morgan fingerprint density at radius 1 is 1.16 bits per heavy atom. The molecule has 0 saturated carbocycles. The molecule has 0 bridgehead atoms. The Kier molecular flexibility index (Phi) is 6.82. The molecule has 31 heavy (non-hydrogen) atoms. The largest absolute Gasteiger partial charge is 0.444 e. The summed E-state index contributed by atoms with van der Waals surface area (Å²) in [4.78, 5) is 19.9. The highest BCUT2D eigenvalue weighted by atomic mass is 35.5. The van der Waals surface area contributed by atoms with E-state index in [0.29, 0.717) is 25.8 Å². The molecule has 3 heterocycles. The summed E-state index contributed by atoms with van der Waals surface area (Å²) < 4.78 is 11.5. The molecule has 0 radical (unpaired) electrons. The molecule has 1 atom stereocenters. The van der Waals surface area contributed by atoms with Crippen LogP contribution in [0.1, 0.15) is 56.3 Å². The molecule has 172 valence electrons. The summed E-state index contributed by atoms with van der Waals surface area (Å²) in [5, 5.41) is 0.733. The third kappa shape index (κ3) is 5.36. The number of halogens is 1. The minimum absolute atomic E-state index is 0.173. The zero-order valence-electron chi connectivity index (χ0n) is 19.3. The average molecular weight is 450 g/mol. The smallest absolute Gasteiger partial charge is 0.410 e. The number of likely N-dealkylation sites (tertiary alicyclic amines) is 1. The molecular weight excluding hydrogens is 414 g/mol. The van der Waals surface area contributed by atoms with Crippen LogP contribution in [0.3, 0.4) is 0 Å². The van der Waals surface area contributed by atoms with Crippen LogP contribution in [0.15, 0.2) is 12.1 Å². The number of rotatable bonds is 2. The van der Waals surface area contributed by atoms with E-state index in [0.717, 1.165) is 43.2 Å². The number of morpholine rings is 1. The van der Waals surface area contributed by atoms with Crippen LogP contribution < -0.4 is 0 Å². The summed E-state index contributed by atoms with van der Waals surface area (Å²) in [6.07, 6.45) is 3.14. The van der Waals surface area contributed by atoms with Gasteiger partial charge in [-0.25, -0.2) is 4.79 Å². The first-order valence-electron chi connectivity index (χ1n) is 11.5. The zero-order valence-corrected chi connectivity index (χ0v) is 20.1. The lowest BCUT2D eigenvalue weighted by Crippen LogP contribution is -2.48. The molecule has 1 aromatic rings. The lowest BCUT2D eigenvalue weighted by molar-refractivity contribution is -0.0335. The number of fused-ring (bicyclic) bond motifs is 1. The van der Waals surface area contributed by atoms with E-state index >= 15 is 0 Å². The Hall–Kier alpha value is -1.34. The van der Waals surface area contributed by atoms with Crippen molar-refractivity contribution in [3.8, 4) is 0 Å². The Morgan fingerprint density at radius 2 is 1.90 bits per heavy atom. The van der Waals surface area contributed by atoms with Gasteiger partial charge in [-0.1, -0.05) is 11.6 Å². The first kappa shape index (κ1) is 22.8. The van der Waals surface area contributed by atoms with E-state index < -0.39 is 5.60 Å². The van der Waals surface area contributed by atoms with Gasteiger partial charge in [-0.2, -0.15) is 0 Å². The maximum absolute atomic E-state index is 13.0. The summed E-state index contributed by atoms with van der Waals surface area (Å²) in [6, 6.07) is 4.59. The van der Waals surface area contributed by atoms with Crippen LogP contribution in [0.4, 0.5) is 4.79 Å². The van der Waals surface area contributed by atoms with Crippen molar-refractivity contribution < 1.29 is 14.3 Å². The number of piperidine rings is 1. The SMILES string of the molecule is CN1CCC(N2CCc3cc(Cl)cc([C@@H]4COCCN4C(=O)OC(C)(C)C)c3C2)CC1. The molecule has 0 unspecified atom stereocenters. The maximum Gasteiger partial charge on any atom is 0.410 e. The van der Waals surface area contributed by atoms with Crippen molar-refractivity contribution >= 4 is 17.7 Å². The summed E-state index contributed by atoms with van der Waals surface area (Å²) in [5.41, 5.74) is 3.21. The third-order valence-corrected chi connectivity index (χ3v) is 6.91. The first-order chi connectivity index (χ1) is 14.7. The minimum Gasteiger partial charge on any atom is -0.444 e. The highest BCUT2D eigenvalue weighted by Crippen LogP contribution is 2.36. The fourth-order valence-electron chi connectivity index (χ4n) is 5.05. The number of ether oxygens (including phenoxy) is 2. The summed E-state index contributed by atoms with van der Waals surface area (Å²) in [6.45, 7) is 11.5. The van der Waals surface area contributed by atoms with Crippen molar-refractivity contribution in [2.24, 2.45) is 0 Å². The van der Waals surface area contributed by atoms with Crippen molar-refractivity contribution in [2.75, 3.05) is 46.4 Å². The molecule has 7 heteroatoms. The van der Waals surface area contributed by atoms with Crippen LogP contribution in [0.2, 0.25) is 5.02 Å². The van der Waals surface area contributed by atoms with Crippen LogP contribution in [0, 0.1) is 0 Å². The van der Waals surface area contributed by atoms with Gasteiger partial charge in [-0.15, -0.1) is 0 Å². The fourth-order valence-corrected chi connectivity index (χ4v) is 5.30. The molecule has 0 N–H and O–H groups in total. The Morgan fingerprint density at radius 3 is 2.61 bits per heavy atom. The van der Waals surface area contributed by atoms with E-state index in [1.54, 1.807) is 0 Å². The second kappa shape index (κ2) is 9.26. The maximum atomic E-state index is 13.0. The van der Waals surface area contributed by atoms with E-state index in [4.69, 9.17) is 21.1 Å². The zero-order chi connectivity index (χ0) is 22.2. The van der Waals surface area contributed by atoms with Crippen LogP contribution in [-0.2, 0) is 22.4 Å². The lowest BCUT2D eigenvalue weighted by atomic mass is 9.89. The first-order valence-corrected chi connectivity index (χ1v) is 11.9. The normalized spacial score (nSPS) is 24.2. The molecule has 1 aromatic carbocycles. The predicted molar refractivity (Wildman–Crippen MR) is 123 cm³/mol. The highest BCUT2D eigenvalue weighted by Gasteiger charge is 2.36. The topological polar surface area (TPSA) is 45.2 Å². The minimum atomic E-state index is -0.529. The Balaban J connectivity index is 1.61. The predicted octanol–water partition coefficient (Wildman–Crippen LogP) is 4.10. The van der Waals surface area contributed by atoms with Crippen molar-refractivity contribution in [2.45, 2.75) is 64.3 Å². The van der Waals surface area contributed by atoms with E-state index in [1.165, 1.54) is 24.0 Å². The van der Waals surface area contributed by atoms with Gasteiger partial charge in [0.2, 0.25) is 0 Å². The van der Waals surface area contributed by atoms with E-state index in [-0.39, 0.29) is 12.1 Å². The number of amides is 1. The number of hydrogen-bond donors (Lipinski definition) is 0. The molecule has 3 aliphatic heterocycles. The Bertz CT molecular complexity index is 802. The van der Waals surface area contributed by atoms with Gasteiger partial charge in [0.25, 0.3) is 0 Å². The van der Waals surface area contributed by atoms with Crippen molar-refractivity contribution in [3.63, 3.8) is 0 Å². The van der Waals surface area contributed by atoms with Gasteiger partial charge < -0.3 is 14.4 Å². The van der Waals surface area contributed by atoms with E-state index in [9.17, 15) is 4.79 Å². The summed E-state index contributed by atoms with van der Waals surface area (Å²) >= 11 is 6.54. The van der Waals surface area contributed by atoms with Crippen molar-refractivity contribution in [1.82, 2.24) is 14.7 Å². The molecule has 0 aromatic heterocycles. The van der Waals surface area contributed by atoms with Gasteiger partial charge in [0.05, 0.1) is 19.3 Å². The summed E-state index contributed by atoms with van der Waals surface area (Å²) in [7, 11) is 2.20. The van der Waals surface area contributed by atoms with Gasteiger partial charge >= 0.3 is 6.09 Å². The van der Waals surface area contributed by atoms with Gasteiger partial charge in [-0.3, -0.25) is 9.80 Å². The van der Waals surface area contributed by atoms with Crippen LogP contribution in [-0.4, -0.2) is 78.9 Å². The van der Waals surface area contributed by atoms with Crippen LogP contribution in [0.25, 0.3) is 0 Å². The van der Waals surface area contributed by atoms with E-state index in [2.05, 4.69) is 22.9 Å². The third-order valence-electron chi connectivity index (χ3n) is 6.69. The molecule has 1 amide bonds. The number of nitrogens with zero attached hydrogens (tertiary/aromatic N) is 3. The number of benzene rings is 1. The molecule has 6 nitrogen and oxygen atoms in total. The Labute approximate surface area is 191 Å². The lowest BCUT2D eigenvalue weighted by Gasteiger charge is -2.42. The molecule has 4 rings (SSSR count). The molecule has 3 aliphatic rings. The fraction of sp³-hybridized carbons (Fsp3) is 0.708. The van der Waals surface area contributed by atoms with Crippen LogP contribution in [0.5, 0.6) is 0 Å². The monoisotopic (exact) mass is 449 g/mol. The molecular formula is C24H36ClN3O3. The van der Waals surface area contributed by atoms with Gasteiger partial charge in [0.15, 0.2) is 0 Å². The van der Waals surface area contributed by atoms with Crippen molar-refractivity contribution in [3.05, 3.63) is 33.8 Å². The van der Waals surface area contributed by atoms with Gasteiger partial charge in [-0.05, 0) is 89.0 Å². The van der Waals surface area contributed by atoms with Gasteiger partial charge in [0.1, 0.15) is 5.60 Å². The molecule has 0 aliphatic carbocycles. The molecule has 2 saturated heterocycles. The second-order valence-electron chi connectivity index (χ2n) is 10.2. The number of hydrogen-bond acceptors (Lipinski definition) is 5. The molecule has 2 fully saturated rings. The van der Waals surface area contributed by atoms with Crippen molar-refractivity contribution in [1.29, 1.82) is 0 Å². The average Bonchev–Trinajstić information content (AvgIpc) is 2.72. The number of carbonyl (C=O) groups excluding carboxylic acids is 1.